The molecule has 0 radical (unpaired) electrons. The zero-order chi connectivity index (χ0) is 25.4. The van der Waals surface area contributed by atoms with E-state index < -0.39 is 10.7 Å². The van der Waals surface area contributed by atoms with Gasteiger partial charge in [0.05, 0.1) is 21.4 Å². The van der Waals surface area contributed by atoms with Crippen molar-refractivity contribution in [3.05, 3.63) is 128 Å². The summed E-state index contributed by atoms with van der Waals surface area (Å²) in [6, 6.07) is 23.9. The average Bonchev–Trinajstić information content (AvgIpc) is 2.89. The highest BCUT2D eigenvalue weighted by atomic mass is 16.6. The Hall–Kier alpha value is -5.04. The fourth-order valence-corrected chi connectivity index (χ4v) is 4.29. The molecular formula is C29H19NO6. The maximum absolute atomic E-state index is 13.5. The van der Waals surface area contributed by atoms with Crippen molar-refractivity contribution >= 4 is 22.4 Å². The van der Waals surface area contributed by atoms with Gasteiger partial charge in [-0.3, -0.25) is 19.7 Å². The molecule has 7 heteroatoms. The van der Waals surface area contributed by atoms with Crippen LogP contribution in [0, 0.1) is 17.0 Å². The Kier molecular flexibility index (Phi) is 5.66. The minimum absolute atomic E-state index is 0.0804. The predicted molar refractivity (Wildman–Crippen MR) is 136 cm³/mol. The summed E-state index contributed by atoms with van der Waals surface area (Å²) in [5, 5.41) is 21.8. The Morgan fingerprint density at radius 1 is 0.889 bits per heavy atom. The van der Waals surface area contributed by atoms with E-state index in [0.717, 1.165) is 0 Å². The number of ketones is 1. The van der Waals surface area contributed by atoms with Gasteiger partial charge in [0, 0.05) is 17.7 Å². The Morgan fingerprint density at radius 3 is 2.31 bits per heavy atom. The van der Waals surface area contributed by atoms with E-state index in [4.69, 9.17) is 4.42 Å². The quantitative estimate of drug-likeness (QED) is 0.181. The molecule has 0 saturated heterocycles. The molecule has 4 aromatic carbocycles. The highest BCUT2D eigenvalue weighted by molar-refractivity contribution is 6.11. The molecule has 1 aromatic heterocycles. The summed E-state index contributed by atoms with van der Waals surface area (Å²) in [6.07, 6.45) is 0. The van der Waals surface area contributed by atoms with E-state index >= 15 is 0 Å². The molecule has 0 fully saturated rings. The number of para-hydroxylation sites is 2. The molecule has 1 N–H and O–H groups in total. The average molecular weight is 477 g/mol. The van der Waals surface area contributed by atoms with Gasteiger partial charge in [-0.15, -0.1) is 0 Å². The van der Waals surface area contributed by atoms with Crippen LogP contribution in [0.5, 0.6) is 5.75 Å². The zero-order valence-corrected chi connectivity index (χ0v) is 19.1. The van der Waals surface area contributed by atoms with Gasteiger partial charge in [0.2, 0.25) is 5.43 Å². The van der Waals surface area contributed by atoms with E-state index in [0.29, 0.717) is 39.0 Å². The number of carbonyl (C=O) groups excluding carboxylic acids is 1. The number of benzene rings is 4. The lowest BCUT2D eigenvalue weighted by Gasteiger charge is -2.14. The number of aryl methyl sites for hydroxylation is 1. The number of carbonyl (C=O) groups is 1. The second kappa shape index (κ2) is 8.96. The summed E-state index contributed by atoms with van der Waals surface area (Å²) >= 11 is 0. The minimum Gasteiger partial charge on any atom is -0.507 e. The molecule has 5 rings (SSSR count). The Bertz CT molecular complexity index is 1720. The maximum atomic E-state index is 13.5. The lowest BCUT2D eigenvalue weighted by atomic mass is 9.90. The van der Waals surface area contributed by atoms with E-state index in [1.165, 1.54) is 24.3 Å². The van der Waals surface area contributed by atoms with Crippen molar-refractivity contribution in [2.45, 2.75) is 6.92 Å². The minimum atomic E-state index is -0.495. The first-order valence-electron chi connectivity index (χ1n) is 11.1. The first-order chi connectivity index (χ1) is 17.3. The molecule has 176 valence electrons. The third-order valence-corrected chi connectivity index (χ3v) is 6.06. The van der Waals surface area contributed by atoms with Crippen LogP contribution in [0.4, 0.5) is 5.69 Å². The van der Waals surface area contributed by atoms with Crippen molar-refractivity contribution < 1.29 is 19.2 Å². The fraction of sp³-hybridized carbons (Fsp3) is 0.0345. The fourth-order valence-electron chi connectivity index (χ4n) is 4.29. The number of aromatic hydroxyl groups is 1. The summed E-state index contributed by atoms with van der Waals surface area (Å²) in [4.78, 5) is 37.4. The van der Waals surface area contributed by atoms with Crippen LogP contribution in [-0.4, -0.2) is 15.8 Å². The molecule has 0 aliphatic carbocycles. The Labute approximate surface area is 205 Å². The standard InChI is InChI=1S/C29H19NO6/c1-17-27(29(33)23-7-3-5-9-26(23)36-17)21-15-12-19(28(32)22-6-2-4-8-25(22)31)16-24(21)18-10-13-20(14-11-18)30(34)35/h2-16,31H,1H3. The molecule has 36 heavy (non-hydrogen) atoms. The molecule has 7 nitrogen and oxygen atoms in total. The summed E-state index contributed by atoms with van der Waals surface area (Å²) in [6.45, 7) is 1.70. The van der Waals surface area contributed by atoms with Crippen molar-refractivity contribution in [2.75, 3.05) is 0 Å². The Morgan fingerprint density at radius 2 is 1.58 bits per heavy atom. The van der Waals surface area contributed by atoms with Crippen LogP contribution < -0.4 is 5.43 Å². The number of non-ortho nitro benzene ring substituents is 1. The van der Waals surface area contributed by atoms with Gasteiger partial charge in [-0.1, -0.05) is 36.4 Å². The molecule has 0 spiro atoms. The number of fused-ring (bicyclic) bond motifs is 1. The first kappa shape index (κ1) is 22.7. The predicted octanol–water partition coefficient (Wildman–Crippen LogP) is 6.28. The number of nitrogens with zero attached hydrogens (tertiary/aromatic N) is 1. The number of rotatable bonds is 5. The molecule has 0 saturated carbocycles. The lowest BCUT2D eigenvalue weighted by molar-refractivity contribution is -0.384. The number of hydrogen-bond acceptors (Lipinski definition) is 6. The number of phenolic OH excluding ortho intramolecular Hbond substituents is 1. The summed E-state index contributed by atoms with van der Waals surface area (Å²) in [5.41, 5.74) is 2.55. The molecule has 0 aliphatic heterocycles. The van der Waals surface area contributed by atoms with Crippen LogP contribution >= 0.6 is 0 Å². The van der Waals surface area contributed by atoms with Crippen molar-refractivity contribution in [1.82, 2.24) is 0 Å². The second-order valence-electron chi connectivity index (χ2n) is 8.27. The molecule has 0 amide bonds. The molecule has 0 unspecified atom stereocenters. The number of phenols is 1. The van der Waals surface area contributed by atoms with E-state index in [-0.39, 0.29) is 28.0 Å². The van der Waals surface area contributed by atoms with Crippen LogP contribution in [0.2, 0.25) is 0 Å². The van der Waals surface area contributed by atoms with Gasteiger partial charge in [0.15, 0.2) is 5.78 Å². The van der Waals surface area contributed by atoms with Crippen LogP contribution in [-0.2, 0) is 0 Å². The summed E-state index contributed by atoms with van der Waals surface area (Å²) in [7, 11) is 0. The molecule has 0 bridgehead atoms. The van der Waals surface area contributed by atoms with Crippen LogP contribution in [0.1, 0.15) is 21.7 Å². The third kappa shape index (κ3) is 3.92. The third-order valence-electron chi connectivity index (χ3n) is 6.06. The lowest BCUT2D eigenvalue weighted by Crippen LogP contribution is -2.09. The monoisotopic (exact) mass is 477 g/mol. The summed E-state index contributed by atoms with van der Waals surface area (Å²) < 4.78 is 5.94. The largest absolute Gasteiger partial charge is 0.507 e. The van der Waals surface area contributed by atoms with Crippen LogP contribution in [0.3, 0.4) is 0 Å². The van der Waals surface area contributed by atoms with Gasteiger partial charge in [0.1, 0.15) is 17.1 Å². The Balaban J connectivity index is 1.76. The van der Waals surface area contributed by atoms with Gasteiger partial charge in [-0.2, -0.15) is 0 Å². The topological polar surface area (TPSA) is 111 Å². The zero-order valence-electron chi connectivity index (χ0n) is 19.1. The number of hydrogen-bond donors (Lipinski definition) is 1. The van der Waals surface area contributed by atoms with Crippen molar-refractivity contribution in [1.29, 1.82) is 0 Å². The number of nitro benzene ring substituents is 1. The van der Waals surface area contributed by atoms with Gasteiger partial charge >= 0.3 is 0 Å². The smallest absolute Gasteiger partial charge is 0.269 e. The van der Waals surface area contributed by atoms with E-state index in [1.807, 2.05) is 0 Å². The van der Waals surface area contributed by atoms with E-state index in [9.17, 15) is 24.8 Å². The van der Waals surface area contributed by atoms with Gasteiger partial charge < -0.3 is 9.52 Å². The maximum Gasteiger partial charge on any atom is 0.269 e. The van der Waals surface area contributed by atoms with Crippen molar-refractivity contribution in [3.63, 3.8) is 0 Å². The van der Waals surface area contributed by atoms with Crippen molar-refractivity contribution in [2.24, 2.45) is 0 Å². The van der Waals surface area contributed by atoms with Gasteiger partial charge in [0.25, 0.3) is 5.69 Å². The second-order valence-corrected chi connectivity index (χ2v) is 8.27. The SMILES string of the molecule is Cc1oc2ccccc2c(=O)c1-c1ccc(C(=O)c2ccccc2O)cc1-c1ccc([N+](=O)[O-])cc1. The van der Waals surface area contributed by atoms with E-state index in [1.54, 1.807) is 73.7 Å². The summed E-state index contributed by atoms with van der Waals surface area (Å²) in [5.74, 6) is -0.138. The molecular weight excluding hydrogens is 458 g/mol. The van der Waals surface area contributed by atoms with Crippen LogP contribution in [0.15, 0.2) is 100 Å². The molecule has 1 heterocycles. The highest BCUT2D eigenvalue weighted by Gasteiger charge is 2.21. The molecule has 5 aromatic rings. The number of nitro groups is 1. The normalized spacial score (nSPS) is 10.9. The molecule has 0 aliphatic rings. The van der Waals surface area contributed by atoms with Crippen LogP contribution in [0.25, 0.3) is 33.2 Å². The first-order valence-corrected chi connectivity index (χ1v) is 11.1. The van der Waals surface area contributed by atoms with Gasteiger partial charge in [-0.25, -0.2) is 0 Å². The molecule has 0 atom stereocenters. The van der Waals surface area contributed by atoms with Gasteiger partial charge in [-0.05, 0) is 66.1 Å². The highest BCUT2D eigenvalue weighted by Crippen LogP contribution is 2.36. The van der Waals surface area contributed by atoms with Crippen molar-refractivity contribution in [3.8, 4) is 28.0 Å². The van der Waals surface area contributed by atoms with E-state index in [2.05, 4.69) is 0 Å².